The van der Waals surface area contributed by atoms with Crippen LogP contribution in [-0.4, -0.2) is 24.3 Å². The summed E-state index contributed by atoms with van der Waals surface area (Å²) in [6.45, 7) is 7.95. The predicted octanol–water partition coefficient (Wildman–Crippen LogP) is 2.95. The Labute approximate surface area is 101 Å². The molecule has 1 atom stereocenters. The molecule has 0 spiro atoms. The van der Waals surface area contributed by atoms with Gasteiger partial charge in [-0.25, -0.2) is 0 Å². The van der Waals surface area contributed by atoms with Crippen molar-refractivity contribution in [2.75, 3.05) is 13.2 Å². The summed E-state index contributed by atoms with van der Waals surface area (Å²) in [7, 11) is 0. The van der Waals surface area contributed by atoms with Crippen molar-refractivity contribution < 1.29 is 5.11 Å². The van der Waals surface area contributed by atoms with Gasteiger partial charge in [-0.15, -0.1) is 0 Å². The summed E-state index contributed by atoms with van der Waals surface area (Å²) in [6.07, 6.45) is 7.71. The summed E-state index contributed by atoms with van der Waals surface area (Å²) < 4.78 is 0. The van der Waals surface area contributed by atoms with Crippen molar-refractivity contribution in [3.8, 4) is 0 Å². The Morgan fingerprint density at radius 2 is 1.81 bits per heavy atom. The number of nitrogens with one attached hydrogen (secondary N) is 1. The van der Waals surface area contributed by atoms with Crippen LogP contribution in [0.25, 0.3) is 0 Å². The summed E-state index contributed by atoms with van der Waals surface area (Å²) >= 11 is 0. The first-order valence-electron chi connectivity index (χ1n) is 7.01. The Balaban J connectivity index is 2.36. The van der Waals surface area contributed by atoms with Gasteiger partial charge in [0.1, 0.15) is 0 Å². The quantitative estimate of drug-likeness (QED) is 0.701. The van der Waals surface area contributed by atoms with Gasteiger partial charge in [-0.1, -0.05) is 26.7 Å². The molecule has 0 amide bonds. The van der Waals surface area contributed by atoms with Crippen molar-refractivity contribution in [1.29, 1.82) is 0 Å². The van der Waals surface area contributed by atoms with Crippen LogP contribution in [0.5, 0.6) is 0 Å². The molecule has 2 N–H and O–H groups in total. The van der Waals surface area contributed by atoms with E-state index in [2.05, 4.69) is 26.1 Å². The summed E-state index contributed by atoms with van der Waals surface area (Å²) in [5, 5.41) is 13.2. The van der Waals surface area contributed by atoms with Crippen molar-refractivity contribution in [1.82, 2.24) is 5.32 Å². The molecule has 1 aliphatic carbocycles. The molecule has 1 aliphatic rings. The zero-order chi connectivity index (χ0) is 12.0. The summed E-state index contributed by atoms with van der Waals surface area (Å²) in [4.78, 5) is 0. The Hall–Kier alpha value is -0.0800. The molecule has 0 heterocycles. The second-order valence-electron chi connectivity index (χ2n) is 5.58. The first kappa shape index (κ1) is 14.0. The van der Waals surface area contributed by atoms with Crippen molar-refractivity contribution in [3.63, 3.8) is 0 Å². The molecule has 0 saturated heterocycles. The number of aliphatic hydroxyl groups excluding tert-OH is 1. The lowest BCUT2D eigenvalue weighted by molar-refractivity contribution is 0.107. The molecule has 1 unspecified atom stereocenters. The molecule has 96 valence electrons. The molecule has 2 nitrogen and oxygen atoms in total. The van der Waals surface area contributed by atoms with Crippen LogP contribution in [0.3, 0.4) is 0 Å². The highest BCUT2D eigenvalue weighted by Gasteiger charge is 2.27. The van der Waals surface area contributed by atoms with Crippen LogP contribution in [-0.2, 0) is 0 Å². The van der Waals surface area contributed by atoms with Gasteiger partial charge in [0.05, 0.1) is 0 Å². The van der Waals surface area contributed by atoms with E-state index in [0.29, 0.717) is 12.6 Å². The summed E-state index contributed by atoms with van der Waals surface area (Å²) in [5.74, 6) is 0.866. The third-order valence-electron chi connectivity index (χ3n) is 4.74. The molecule has 16 heavy (non-hydrogen) atoms. The van der Waals surface area contributed by atoms with Gasteiger partial charge in [0.2, 0.25) is 0 Å². The smallest absolute Gasteiger partial charge is 0.0499 e. The van der Waals surface area contributed by atoms with E-state index >= 15 is 0 Å². The van der Waals surface area contributed by atoms with Crippen molar-refractivity contribution >= 4 is 0 Å². The highest BCUT2D eigenvalue weighted by Crippen LogP contribution is 2.29. The van der Waals surface area contributed by atoms with E-state index in [4.69, 9.17) is 0 Å². The minimum absolute atomic E-state index is 0.104. The average molecular weight is 227 g/mol. The maximum Gasteiger partial charge on any atom is 0.0499 e. The van der Waals surface area contributed by atoms with E-state index in [1.165, 1.54) is 25.7 Å². The first-order chi connectivity index (χ1) is 7.67. The fraction of sp³-hybridized carbons (Fsp3) is 1.00. The molecule has 0 radical (unpaired) electrons. The van der Waals surface area contributed by atoms with Gasteiger partial charge in [-0.2, -0.15) is 0 Å². The lowest BCUT2D eigenvalue weighted by Gasteiger charge is -2.32. The zero-order valence-corrected chi connectivity index (χ0v) is 11.3. The Kier molecular flexibility index (Phi) is 5.77. The molecule has 1 saturated carbocycles. The van der Waals surface area contributed by atoms with E-state index in [1.54, 1.807) is 0 Å². The van der Waals surface area contributed by atoms with Crippen LogP contribution in [0, 0.1) is 11.3 Å². The molecule has 1 fully saturated rings. The third-order valence-corrected chi connectivity index (χ3v) is 4.74. The van der Waals surface area contributed by atoms with E-state index in [0.717, 1.165) is 25.3 Å². The normalized spacial score (nSPS) is 20.2. The Morgan fingerprint density at radius 1 is 1.25 bits per heavy atom. The molecular weight excluding hydrogens is 198 g/mol. The predicted molar refractivity (Wildman–Crippen MR) is 69.5 cm³/mol. The highest BCUT2D eigenvalue weighted by molar-refractivity contribution is 4.83. The van der Waals surface area contributed by atoms with Crippen molar-refractivity contribution in [2.45, 2.75) is 65.3 Å². The lowest BCUT2D eigenvalue weighted by atomic mass is 9.82. The van der Waals surface area contributed by atoms with Gasteiger partial charge in [-0.3, -0.25) is 0 Å². The van der Waals surface area contributed by atoms with Crippen LogP contribution in [0.4, 0.5) is 0 Å². The first-order valence-corrected chi connectivity index (χ1v) is 7.01. The fourth-order valence-corrected chi connectivity index (χ4v) is 2.78. The van der Waals surface area contributed by atoms with Crippen LogP contribution >= 0.6 is 0 Å². The maximum absolute atomic E-state index is 9.51. The van der Waals surface area contributed by atoms with Crippen LogP contribution in [0.1, 0.15) is 59.3 Å². The van der Waals surface area contributed by atoms with Gasteiger partial charge < -0.3 is 10.4 Å². The second-order valence-corrected chi connectivity index (χ2v) is 5.58. The minimum Gasteiger partial charge on any atom is -0.396 e. The van der Waals surface area contributed by atoms with Gasteiger partial charge in [0.25, 0.3) is 0 Å². The monoisotopic (exact) mass is 227 g/mol. The standard InChI is InChI=1S/C14H29NO/c1-4-14(5-2,11-16)10-15-12(3)13-8-6-7-9-13/h12-13,15-16H,4-11H2,1-3H3. The lowest BCUT2D eigenvalue weighted by Crippen LogP contribution is -2.42. The molecule has 0 aromatic rings. The molecule has 0 aliphatic heterocycles. The van der Waals surface area contributed by atoms with Crippen molar-refractivity contribution in [2.24, 2.45) is 11.3 Å². The largest absolute Gasteiger partial charge is 0.396 e. The number of hydrogen-bond donors (Lipinski definition) is 2. The van der Waals surface area contributed by atoms with Gasteiger partial charge in [0.15, 0.2) is 0 Å². The van der Waals surface area contributed by atoms with Crippen LogP contribution < -0.4 is 5.32 Å². The number of rotatable bonds is 7. The maximum atomic E-state index is 9.51. The van der Waals surface area contributed by atoms with Gasteiger partial charge in [0, 0.05) is 24.6 Å². The highest BCUT2D eigenvalue weighted by atomic mass is 16.3. The summed E-state index contributed by atoms with van der Waals surface area (Å²) in [5.41, 5.74) is 0.104. The van der Waals surface area contributed by atoms with Crippen LogP contribution in [0.15, 0.2) is 0 Å². The molecule has 0 aromatic heterocycles. The van der Waals surface area contributed by atoms with E-state index in [1.807, 2.05) is 0 Å². The Morgan fingerprint density at radius 3 is 2.25 bits per heavy atom. The Bertz CT molecular complexity index is 175. The van der Waals surface area contributed by atoms with Crippen LogP contribution in [0.2, 0.25) is 0 Å². The van der Waals surface area contributed by atoms with E-state index in [-0.39, 0.29) is 5.41 Å². The molecule has 0 aromatic carbocycles. The number of aliphatic hydroxyl groups is 1. The summed E-state index contributed by atoms with van der Waals surface area (Å²) in [6, 6.07) is 0.617. The molecule has 1 rings (SSSR count). The van der Waals surface area contributed by atoms with E-state index < -0.39 is 0 Å². The molecule has 0 bridgehead atoms. The second kappa shape index (κ2) is 6.61. The minimum atomic E-state index is 0.104. The number of hydrogen-bond acceptors (Lipinski definition) is 2. The molecular formula is C14H29NO. The third kappa shape index (κ3) is 3.46. The van der Waals surface area contributed by atoms with Gasteiger partial charge in [-0.05, 0) is 38.5 Å². The van der Waals surface area contributed by atoms with E-state index in [9.17, 15) is 5.11 Å². The SMILES string of the molecule is CCC(CC)(CO)CNC(C)C1CCCC1. The van der Waals surface area contributed by atoms with Crippen molar-refractivity contribution in [3.05, 3.63) is 0 Å². The average Bonchev–Trinajstić information content (AvgIpc) is 2.85. The molecule has 2 heteroatoms. The van der Waals surface area contributed by atoms with Gasteiger partial charge >= 0.3 is 0 Å². The zero-order valence-electron chi connectivity index (χ0n) is 11.3. The fourth-order valence-electron chi connectivity index (χ4n) is 2.78. The topological polar surface area (TPSA) is 32.3 Å².